The molecule has 11 aromatic rings. The van der Waals surface area contributed by atoms with Crippen molar-refractivity contribution in [1.82, 2.24) is 18.9 Å². The van der Waals surface area contributed by atoms with Gasteiger partial charge in [-0.15, -0.1) is 0 Å². The summed E-state index contributed by atoms with van der Waals surface area (Å²) in [5.41, 5.74) is 9.08. The highest BCUT2D eigenvalue weighted by Crippen LogP contribution is 2.47. The second-order valence-corrected chi connectivity index (χ2v) is 12.5. The Morgan fingerprint density at radius 1 is 0.500 bits per heavy atom. The molecule has 11 rings (SSSR count). The fourth-order valence-corrected chi connectivity index (χ4v) is 8.07. The SMILES string of the molecule is N#Cc1ccc(-c2nc(-n3c4cc5c6ccccc6n6c7ccccc7c(c4c4ccc7ccccc7c43)c56)nc3ccccc23)cc1. The average molecular weight is 610 g/mol. The summed E-state index contributed by atoms with van der Waals surface area (Å²) < 4.78 is 4.73. The van der Waals surface area contributed by atoms with E-state index >= 15 is 0 Å². The van der Waals surface area contributed by atoms with Gasteiger partial charge in [0.1, 0.15) is 0 Å². The minimum Gasteiger partial charge on any atom is -0.308 e. The van der Waals surface area contributed by atoms with Gasteiger partial charge in [-0.25, -0.2) is 9.97 Å². The molecular formula is C43H23N5. The van der Waals surface area contributed by atoms with Gasteiger partial charge in [0.15, 0.2) is 0 Å². The minimum absolute atomic E-state index is 0.617. The van der Waals surface area contributed by atoms with Crippen LogP contribution < -0.4 is 0 Å². The van der Waals surface area contributed by atoms with Crippen LogP contribution in [0.2, 0.25) is 0 Å². The van der Waals surface area contributed by atoms with Crippen LogP contribution in [0, 0.1) is 11.3 Å². The summed E-state index contributed by atoms with van der Waals surface area (Å²) in [4.78, 5) is 10.7. The molecule has 0 aliphatic carbocycles. The summed E-state index contributed by atoms with van der Waals surface area (Å²) in [5, 5.41) is 20.1. The van der Waals surface area contributed by atoms with Crippen molar-refractivity contribution in [3.8, 4) is 23.3 Å². The first-order valence-corrected chi connectivity index (χ1v) is 16.1. The molecule has 7 aromatic carbocycles. The minimum atomic E-state index is 0.617. The smallest absolute Gasteiger partial charge is 0.235 e. The fourth-order valence-electron chi connectivity index (χ4n) is 8.07. The molecule has 0 aliphatic heterocycles. The molecule has 0 spiro atoms. The Morgan fingerprint density at radius 2 is 1.19 bits per heavy atom. The van der Waals surface area contributed by atoms with Gasteiger partial charge in [-0.2, -0.15) is 5.26 Å². The van der Waals surface area contributed by atoms with Crippen molar-refractivity contribution < 1.29 is 0 Å². The molecule has 0 unspecified atom stereocenters. The summed E-state index contributed by atoms with van der Waals surface area (Å²) in [7, 11) is 0. The van der Waals surface area contributed by atoms with E-state index in [0.717, 1.165) is 38.6 Å². The zero-order valence-corrected chi connectivity index (χ0v) is 25.5. The molecule has 0 bridgehead atoms. The quantitative estimate of drug-likeness (QED) is 0.196. The Kier molecular flexibility index (Phi) is 4.85. The number of aromatic nitrogens is 4. The molecule has 0 amide bonds. The van der Waals surface area contributed by atoms with Crippen LogP contribution in [0.5, 0.6) is 0 Å². The van der Waals surface area contributed by atoms with Crippen molar-refractivity contribution in [3.05, 3.63) is 145 Å². The largest absolute Gasteiger partial charge is 0.308 e. The number of nitrogens with zero attached hydrogens (tertiary/aromatic N) is 5. The standard InChI is InChI=1S/C43H23N5/c44-24-25-17-19-27(20-18-25)40-30-12-3-6-14-34(30)45-43(46-40)48-37-23-33-29-11-4-7-15-35(29)47-36-16-8-5-13-31(36)39(42(33)47)38(37)32-22-21-26-9-1-2-10-28(26)41(32)48/h1-23H. The van der Waals surface area contributed by atoms with Gasteiger partial charge in [-0.05, 0) is 41.8 Å². The number of nitriles is 1. The van der Waals surface area contributed by atoms with Crippen LogP contribution in [-0.4, -0.2) is 18.9 Å². The van der Waals surface area contributed by atoms with Crippen molar-refractivity contribution in [2.24, 2.45) is 0 Å². The number of para-hydroxylation sites is 3. The van der Waals surface area contributed by atoms with E-state index in [1.54, 1.807) is 0 Å². The van der Waals surface area contributed by atoms with E-state index in [0.29, 0.717) is 11.5 Å². The molecule has 0 N–H and O–H groups in total. The third kappa shape index (κ3) is 3.18. The second kappa shape index (κ2) is 9.16. The third-order valence-electron chi connectivity index (χ3n) is 10.1. The molecular weight excluding hydrogens is 587 g/mol. The zero-order chi connectivity index (χ0) is 31.5. The topological polar surface area (TPSA) is 58.9 Å². The highest BCUT2D eigenvalue weighted by molar-refractivity contribution is 6.37. The van der Waals surface area contributed by atoms with Gasteiger partial charge in [-0.1, -0.05) is 103 Å². The maximum absolute atomic E-state index is 9.48. The lowest BCUT2D eigenvalue weighted by Crippen LogP contribution is -2.03. The van der Waals surface area contributed by atoms with Crippen molar-refractivity contribution in [3.63, 3.8) is 0 Å². The predicted molar refractivity (Wildman–Crippen MR) is 196 cm³/mol. The first-order valence-electron chi connectivity index (χ1n) is 16.1. The molecule has 4 heterocycles. The van der Waals surface area contributed by atoms with Crippen molar-refractivity contribution in [2.45, 2.75) is 0 Å². The van der Waals surface area contributed by atoms with Crippen LogP contribution in [-0.2, 0) is 0 Å². The Labute approximate surface area is 273 Å². The van der Waals surface area contributed by atoms with E-state index in [1.165, 1.54) is 54.3 Å². The van der Waals surface area contributed by atoms with Gasteiger partial charge in [0, 0.05) is 48.7 Å². The van der Waals surface area contributed by atoms with Gasteiger partial charge in [0.25, 0.3) is 0 Å². The molecule has 5 heteroatoms. The maximum atomic E-state index is 9.48. The van der Waals surface area contributed by atoms with E-state index in [4.69, 9.17) is 9.97 Å². The van der Waals surface area contributed by atoms with Crippen LogP contribution in [0.1, 0.15) is 5.56 Å². The lowest BCUT2D eigenvalue weighted by molar-refractivity contribution is 1.02. The monoisotopic (exact) mass is 609 g/mol. The first kappa shape index (κ1) is 25.4. The molecule has 0 saturated carbocycles. The molecule has 48 heavy (non-hydrogen) atoms. The number of rotatable bonds is 2. The fraction of sp³-hybridized carbons (Fsp3) is 0. The number of benzene rings is 7. The van der Waals surface area contributed by atoms with E-state index in [2.05, 4.69) is 118 Å². The maximum Gasteiger partial charge on any atom is 0.235 e. The van der Waals surface area contributed by atoms with E-state index in [9.17, 15) is 5.26 Å². The van der Waals surface area contributed by atoms with Crippen molar-refractivity contribution in [1.29, 1.82) is 5.26 Å². The number of hydrogen-bond acceptors (Lipinski definition) is 3. The van der Waals surface area contributed by atoms with Gasteiger partial charge >= 0.3 is 0 Å². The van der Waals surface area contributed by atoms with Crippen molar-refractivity contribution in [2.75, 3.05) is 0 Å². The Morgan fingerprint density at radius 3 is 2.00 bits per heavy atom. The van der Waals surface area contributed by atoms with Gasteiger partial charge in [0.2, 0.25) is 5.95 Å². The highest BCUT2D eigenvalue weighted by Gasteiger charge is 2.26. The van der Waals surface area contributed by atoms with E-state index in [1.807, 2.05) is 36.4 Å². The normalized spacial score (nSPS) is 12.1. The predicted octanol–water partition coefficient (Wildman–Crippen LogP) is 10.6. The molecule has 0 atom stereocenters. The molecule has 0 aliphatic rings. The van der Waals surface area contributed by atoms with Gasteiger partial charge in [-0.3, -0.25) is 4.57 Å². The van der Waals surface area contributed by atoms with Gasteiger partial charge < -0.3 is 4.40 Å². The van der Waals surface area contributed by atoms with Crippen LogP contribution >= 0.6 is 0 Å². The zero-order valence-electron chi connectivity index (χ0n) is 25.5. The van der Waals surface area contributed by atoms with E-state index in [-0.39, 0.29) is 0 Å². The second-order valence-electron chi connectivity index (χ2n) is 12.5. The Hall–Kier alpha value is -6.77. The lowest BCUT2D eigenvalue weighted by Gasteiger charge is -2.13. The van der Waals surface area contributed by atoms with Crippen LogP contribution in [0.25, 0.3) is 98.8 Å². The molecule has 5 nitrogen and oxygen atoms in total. The average Bonchev–Trinajstić information content (AvgIpc) is 3.79. The highest BCUT2D eigenvalue weighted by atomic mass is 15.2. The summed E-state index contributed by atoms with van der Waals surface area (Å²) in [5.74, 6) is 0.617. The molecule has 0 saturated heterocycles. The summed E-state index contributed by atoms with van der Waals surface area (Å²) in [6.45, 7) is 0. The molecule has 0 fully saturated rings. The molecule has 4 aromatic heterocycles. The lowest BCUT2D eigenvalue weighted by atomic mass is 10.0. The molecule has 220 valence electrons. The summed E-state index contributed by atoms with van der Waals surface area (Å²) >= 11 is 0. The Balaban J connectivity index is 1.39. The number of hydrogen-bond donors (Lipinski definition) is 0. The Bertz CT molecular complexity index is 3170. The van der Waals surface area contributed by atoms with Crippen LogP contribution in [0.15, 0.2) is 140 Å². The molecule has 0 radical (unpaired) electrons. The number of fused-ring (bicyclic) bond motifs is 13. The van der Waals surface area contributed by atoms with Crippen molar-refractivity contribution >= 4 is 81.6 Å². The summed E-state index contributed by atoms with van der Waals surface area (Å²) in [6.07, 6.45) is 0. The van der Waals surface area contributed by atoms with E-state index < -0.39 is 0 Å². The first-order chi connectivity index (χ1) is 23.8. The van der Waals surface area contributed by atoms with Crippen LogP contribution in [0.4, 0.5) is 0 Å². The van der Waals surface area contributed by atoms with Crippen LogP contribution in [0.3, 0.4) is 0 Å². The van der Waals surface area contributed by atoms with Gasteiger partial charge in [0.05, 0.1) is 50.4 Å². The third-order valence-corrected chi connectivity index (χ3v) is 10.1. The summed E-state index contributed by atoms with van der Waals surface area (Å²) in [6, 6.07) is 51.0.